The summed E-state index contributed by atoms with van der Waals surface area (Å²) in [6.07, 6.45) is 0. The molecule has 0 spiro atoms. The summed E-state index contributed by atoms with van der Waals surface area (Å²) in [5.41, 5.74) is 2.47. The van der Waals surface area contributed by atoms with Gasteiger partial charge in [0.15, 0.2) is 6.61 Å². The standard InChI is InChI=1S/C22H22N2O4/c1-22(2,3)16-10-8-14(9-11-16)20(26)24-19(25)13-28-21(27)18-12-15-6-4-5-7-17(15)23-18/h4-12,23H,13H2,1-3H3,(H,24,25,26). The fourth-order valence-corrected chi connectivity index (χ4v) is 2.75. The second kappa shape index (κ2) is 7.68. The van der Waals surface area contributed by atoms with Crippen LogP contribution in [-0.2, 0) is 14.9 Å². The normalized spacial score (nSPS) is 11.2. The van der Waals surface area contributed by atoms with Gasteiger partial charge in [0.1, 0.15) is 5.69 Å². The molecule has 0 aliphatic rings. The number of benzene rings is 2. The van der Waals surface area contributed by atoms with E-state index in [9.17, 15) is 14.4 Å². The number of aromatic amines is 1. The monoisotopic (exact) mass is 378 g/mol. The van der Waals surface area contributed by atoms with E-state index in [0.717, 1.165) is 16.5 Å². The summed E-state index contributed by atoms with van der Waals surface area (Å²) < 4.78 is 4.99. The lowest BCUT2D eigenvalue weighted by Crippen LogP contribution is -2.34. The van der Waals surface area contributed by atoms with Crippen LogP contribution in [0.3, 0.4) is 0 Å². The topological polar surface area (TPSA) is 88.3 Å². The zero-order chi connectivity index (χ0) is 20.3. The Labute approximate surface area is 162 Å². The molecule has 6 nitrogen and oxygen atoms in total. The maximum Gasteiger partial charge on any atom is 0.355 e. The van der Waals surface area contributed by atoms with Crippen molar-refractivity contribution in [3.8, 4) is 0 Å². The number of carbonyl (C=O) groups excluding carboxylic acids is 3. The second-order valence-corrected chi connectivity index (χ2v) is 7.55. The van der Waals surface area contributed by atoms with Crippen LogP contribution in [0.4, 0.5) is 0 Å². The zero-order valence-electron chi connectivity index (χ0n) is 16.0. The van der Waals surface area contributed by atoms with Crippen molar-refractivity contribution in [3.63, 3.8) is 0 Å². The molecule has 28 heavy (non-hydrogen) atoms. The van der Waals surface area contributed by atoms with Crippen LogP contribution >= 0.6 is 0 Å². The van der Waals surface area contributed by atoms with Crippen molar-refractivity contribution in [2.75, 3.05) is 6.61 Å². The molecule has 144 valence electrons. The van der Waals surface area contributed by atoms with E-state index in [1.165, 1.54) is 0 Å². The Hall–Kier alpha value is -3.41. The minimum Gasteiger partial charge on any atom is -0.451 e. The first-order valence-electron chi connectivity index (χ1n) is 8.93. The maximum atomic E-state index is 12.2. The fraction of sp³-hybridized carbons (Fsp3) is 0.227. The van der Waals surface area contributed by atoms with Crippen molar-refractivity contribution in [1.82, 2.24) is 10.3 Å². The summed E-state index contributed by atoms with van der Waals surface area (Å²) in [5, 5.41) is 3.09. The number of hydrogen-bond donors (Lipinski definition) is 2. The van der Waals surface area contributed by atoms with E-state index in [1.807, 2.05) is 36.4 Å². The van der Waals surface area contributed by atoms with E-state index in [2.05, 4.69) is 31.1 Å². The molecule has 0 bridgehead atoms. The number of amides is 2. The number of carbonyl (C=O) groups is 3. The van der Waals surface area contributed by atoms with E-state index < -0.39 is 24.4 Å². The average molecular weight is 378 g/mol. The first-order chi connectivity index (χ1) is 13.2. The number of para-hydroxylation sites is 1. The van der Waals surface area contributed by atoms with Gasteiger partial charge in [-0.2, -0.15) is 0 Å². The Morgan fingerprint density at radius 1 is 1.00 bits per heavy atom. The summed E-state index contributed by atoms with van der Waals surface area (Å²) >= 11 is 0. The summed E-state index contributed by atoms with van der Waals surface area (Å²) in [5.74, 6) is -1.88. The molecule has 0 unspecified atom stereocenters. The number of esters is 1. The van der Waals surface area contributed by atoms with Crippen molar-refractivity contribution in [1.29, 1.82) is 0 Å². The van der Waals surface area contributed by atoms with Gasteiger partial charge in [0.25, 0.3) is 11.8 Å². The van der Waals surface area contributed by atoms with Gasteiger partial charge >= 0.3 is 5.97 Å². The van der Waals surface area contributed by atoms with Gasteiger partial charge in [-0.3, -0.25) is 14.9 Å². The third-order valence-electron chi connectivity index (χ3n) is 4.35. The van der Waals surface area contributed by atoms with Crippen LogP contribution in [0.25, 0.3) is 10.9 Å². The van der Waals surface area contributed by atoms with Crippen LogP contribution < -0.4 is 5.32 Å². The SMILES string of the molecule is CC(C)(C)c1ccc(C(=O)NC(=O)COC(=O)c2cc3ccccc3[nH]2)cc1. The molecule has 3 aromatic rings. The summed E-state index contributed by atoms with van der Waals surface area (Å²) in [7, 11) is 0. The van der Waals surface area contributed by atoms with Crippen LogP contribution in [0.15, 0.2) is 54.6 Å². The van der Waals surface area contributed by atoms with Gasteiger partial charge in [-0.15, -0.1) is 0 Å². The molecular formula is C22H22N2O4. The molecule has 2 amide bonds. The molecule has 1 heterocycles. The highest BCUT2D eigenvalue weighted by atomic mass is 16.5. The minimum absolute atomic E-state index is 0.0261. The van der Waals surface area contributed by atoms with Gasteiger partial charge in [0.05, 0.1) is 0 Å². The van der Waals surface area contributed by atoms with Gasteiger partial charge in [-0.25, -0.2) is 4.79 Å². The van der Waals surface area contributed by atoms with E-state index in [0.29, 0.717) is 5.56 Å². The molecule has 3 rings (SSSR count). The number of fused-ring (bicyclic) bond motifs is 1. The number of ether oxygens (including phenoxy) is 1. The lowest BCUT2D eigenvalue weighted by Gasteiger charge is -2.18. The quantitative estimate of drug-likeness (QED) is 0.679. The summed E-state index contributed by atoms with van der Waals surface area (Å²) in [6.45, 7) is 5.69. The smallest absolute Gasteiger partial charge is 0.355 e. The predicted octanol–water partition coefficient (Wildman–Crippen LogP) is 3.58. The molecule has 6 heteroatoms. The molecule has 0 atom stereocenters. The molecule has 0 saturated heterocycles. The molecule has 0 aliphatic carbocycles. The van der Waals surface area contributed by atoms with Gasteiger partial charge in [-0.05, 0) is 35.2 Å². The van der Waals surface area contributed by atoms with Crippen molar-refractivity contribution in [2.45, 2.75) is 26.2 Å². The Morgan fingerprint density at radius 3 is 2.32 bits per heavy atom. The summed E-state index contributed by atoms with van der Waals surface area (Å²) in [6, 6.07) is 16.1. The van der Waals surface area contributed by atoms with Crippen molar-refractivity contribution in [3.05, 3.63) is 71.4 Å². The van der Waals surface area contributed by atoms with E-state index in [1.54, 1.807) is 18.2 Å². The Bertz CT molecular complexity index is 994. The highest BCUT2D eigenvalue weighted by molar-refractivity contribution is 6.05. The number of imide groups is 1. The Kier molecular flexibility index (Phi) is 5.31. The van der Waals surface area contributed by atoms with E-state index in [-0.39, 0.29) is 11.1 Å². The first-order valence-corrected chi connectivity index (χ1v) is 8.93. The molecule has 0 radical (unpaired) electrons. The number of nitrogens with one attached hydrogen (secondary N) is 2. The lowest BCUT2D eigenvalue weighted by molar-refractivity contribution is -0.123. The zero-order valence-corrected chi connectivity index (χ0v) is 16.0. The number of rotatable bonds is 4. The van der Waals surface area contributed by atoms with Gasteiger partial charge in [0, 0.05) is 16.5 Å². The van der Waals surface area contributed by atoms with Gasteiger partial charge in [0.2, 0.25) is 0 Å². The molecule has 0 aliphatic heterocycles. The minimum atomic E-state index is -0.686. The molecule has 2 N–H and O–H groups in total. The molecule has 0 saturated carbocycles. The third-order valence-corrected chi connectivity index (χ3v) is 4.35. The molecule has 0 fully saturated rings. The lowest BCUT2D eigenvalue weighted by atomic mass is 9.87. The number of H-pyrrole nitrogens is 1. The Morgan fingerprint density at radius 2 is 1.68 bits per heavy atom. The van der Waals surface area contributed by atoms with Crippen LogP contribution in [0.1, 0.15) is 47.2 Å². The number of aromatic nitrogens is 1. The van der Waals surface area contributed by atoms with Crippen LogP contribution in [0.2, 0.25) is 0 Å². The largest absolute Gasteiger partial charge is 0.451 e. The van der Waals surface area contributed by atoms with Crippen LogP contribution in [0, 0.1) is 0 Å². The Balaban J connectivity index is 1.54. The fourth-order valence-electron chi connectivity index (χ4n) is 2.75. The third kappa shape index (κ3) is 4.46. The average Bonchev–Trinajstić information content (AvgIpc) is 3.10. The second-order valence-electron chi connectivity index (χ2n) is 7.55. The highest BCUT2D eigenvalue weighted by Crippen LogP contribution is 2.22. The van der Waals surface area contributed by atoms with Gasteiger partial charge in [-0.1, -0.05) is 51.1 Å². The first kappa shape index (κ1) is 19.4. The van der Waals surface area contributed by atoms with Crippen molar-refractivity contribution < 1.29 is 19.1 Å². The summed E-state index contributed by atoms with van der Waals surface area (Å²) in [4.78, 5) is 39.1. The maximum absolute atomic E-state index is 12.2. The molecular weight excluding hydrogens is 356 g/mol. The van der Waals surface area contributed by atoms with E-state index in [4.69, 9.17) is 4.74 Å². The van der Waals surface area contributed by atoms with Crippen molar-refractivity contribution in [2.24, 2.45) is 0 Å². The number of hydrogen-bond acceptors (Lipinski definition) is 4. The van der Waals surface area contributed by atoms with Gasteiger partial charge < -0.3 is 9.72 Å². The van der Waals surface area contributed by atoms with Crippen molar-refractivity contribution >= 4 is 28.7 Å². The van der Waals surface area contributed by atoms with E-state index >= 15 is 0 Å². The molecule has 2 aromatic carbocycles. The highest BCUT2D eigenvalue weighted by Gasteiger charge is 2.17. The predicted molar refractivity (Wildman–Crippen MR) is 106 cm³/mol. The van der Waals surface area contributed by atoms with Crippen LogP contribution in [-0.4, -0.2) is 29.4 Å². The molecule has 1 aromatic heterocycles. The van der Waals surface area contributed by atoms with Crippen LogP contribution in [0.5, 0.6) is 0 Å².